The summed E-state index contributed by atoms with van der Waals surface area (Å²) in [6.45, 7) is 2.70. The zero-order valence-corrected chi connectivity index (χ0v) is 17.0. The van der Waals surface area contributed by atoms with Crippen molar-refractivity contribution < 1.29 is 9.53 Å². The Hall–Kier alpha value is -3.18. The third kappa shape index (κ3) is 4.36. The summed E-state index contributed by atoms with van der Waals surface area (Å²) >= 11 is 0. The smallest absolute Gasteiger partial charge is 0.230 e. The average Bonchev–Trinajstić information content (AvgIpc) is 2.80. The first-order valence-electron chi connectivity index (χ1n) is 10.4. The minimum atomic E-state index is -0.751. The van der Waals surface area contributed by atoms with Gasteiger partial charge in [0.05, 0.1) is 5.69 Å². The Morgan fingerprint density at radius 3 is 2.57 bits per heavy atom. The summed E-state index contributed by atoms with van der Waals surface area (Å²) in [6, 6.07) is 23.9. The average molecular weight is 402 g/mol. The van der Waals surface area contributed by atoms with Crippen molar-refractivity contribution in [2.75, 3.05) is 13.1 Å². The van der Waals surface area contributed by atoms with Gasteiger partial charge in [0.25, 0.3) is 0 Å². The van der Waals surface area contributed by atoms with Gasteiger partial charge in [0.1, 0.15) is 17.8 Å². The van der Waals surface area contributed by atoms with E-state index < -0.39 is 5.41 Å². The van der Waals surface area contributed by atoms with E-state index in [1.165, 1.54) is 0 Å². The topological polar surface area (TPSA) is 68.5 Å². The van der Waals surface area contributed by atoms with Crippen molar-refractivity contribution in [3.05, 3.63) is 95.8 Å². The maximum Gasteiger partial charge on any atom is 0.230 e. The van der Waals surface area contributed by atoms with Crippen LogP contribution in [0.3, 0.4) is 0 Å². The quantitative estimate of drug-likeness (QED) is 0.656. The van der Waals surface area contributed by atoms with E-state index in [-0.39, 0.29) is 5.91 Å². The van der Waals surface area contributed by atoms with Gasteiger partial charge in [0.2, 0.25) is 5.91 Å². The maximum atomic E-state index is 12.5. The standard InChI is InChI=1S/C25H27N3O2/c26-24(29)25(23-13-6-7-15-27-23)14-8-16-28(19-25)17-21-11-4-5-12-22(21)30-18-20-9-2-1-3-10-20/h1-7,9-13,15H,8,14,16-19H2,(H2,26,29). The second-order valence-corrected chi connectivity index (χ2v) is 7.86. The molecule has 1 atom stereocenters. The van der Waals surface area contributed by atoms with E-state index >= 15 is 0 Å². The Labute approximate surface area is 177 Å². The Bertz CT molecular complexity index is 978. The molecule has 4 rings (SSSR count). The molecular weight excluding hydrogens is 374 g/mol. The highest BCUT2D eigenvalue weighted by Crippen LogP contribution is 2.34. The summed E-state index contributed by atoms with van der Waals surface area (Å²) in [5.41, 5.74) is 8.15. The number of carbonyl (C=O) groups is 1. The highest BCUT2D eigenvalue weighted by Gasteiger charge is 2.43. The first-order chi connectivity index (χ1) is 14.7. The van der Waals surface area contributed by atoms with E-state index in [1.807, 2.05) is 54.6 Å². The van der Waals surface area contributed by atoms with E-state index in [4.69, 9.17) is 10.5 Å². The van der Waals surface area contributed by atoms with Crippen LogP contribution in [0.4, 0.5) is 0 Å². The van der Waals surface area contributed by atoms with Crippen LogP contribution in [0.1, 0.15) is 29.7 Å². The first-order valence-corrected chi connectivity index (χ1v) is 10.4. The third-order valence-electron chi connectivity index (χ3n) is 5.80. The second kappa shape index (κ2) is 9.09. The molecule has 1 amide bonds. The molecule has 2 N–H and O–H groups in total. The molecule has 30 heavy (non-hydrogen) atoms. The summed E-state index contributed by atoms with van der Waals surface area (Å²) < 4.78 is 6.12. The molecule has 1 saturated heterocycles. The van der Waals surface area contributed by atoms with Gasteiger partial charge in [-0.25, -0.2) is 0 Å². The number of ether oxygens (including phenoxy) is 1. The molecule has 5 nitrogen and oxygen atoms in total. The van der Waals surface area contributed by atoms with Crippen LogP contribution in [0.25, 0.3) is 0 Å². The molecule has 0 saturated carbocycles. The number of para-hydroxylation sites is 1. The van der Waals surface area contributed by atoms with Crippen LogP contribution >= 0.6 is 0 Å². The number of nitrogens with two attached hydrogens (primary N) is 1. The highest BCUT2D eigenvalue weighted by molar-refractivity contribution is 5.86. The van der Waals surface area contributed by atoms with Crippen molar-refractivity contribution in [1.82, 2.24) is 9.88 Å². The highest BCUT2D eigenvalue weighted by atomic mass is 16.5. The number of primary amides is 1. The maximum absolute atomic E-state index is 12.5. The normalized spacial score (nSPS) is 19.3. The lowest BCUT2D eigenvalue weighted by Gasteiger charge is -2.40. The molecule has 3 aromatic rings. The number of pyridine rings is 1. The van der Waals surface area contributed by atoms with E-state index in [1.54, 1.807) is 6.20 Å². The molecule has 1 aliphatic rings. The Morgan fingerprint density at radius 1 is 1.03 bits per heavy atom. The predicted molar refractivity (Wildman–Crippen MR) is 117 cm³/mol. The number of hydrogen-bond acceptors (Lipinski definition) is 4. The molecule has 0 spiro atoms. The van der Waals surface area contributed by atoms with E-state index in [2.05, 4.69) is 28.1 Å². The minimum Gasteiger partial charge on any atom is -0.489 e. The molecule has 2 aromatic carbocycles. The van der Waals surface area contributed by atoms with E-state index in [9.17, 15) is 4.79 Å². The third-order valence-corrected chi connectivity index (χ3v) is 5.80. The van der Waals surface area contributed by atoms with Crippen LogP contribution in [-0.2, 0) is 23.4 Å². The van der Waals surface area contributed by atoms with Crippen molar-refractivity contribution in [1.29, 1.82) is 0 Å². The SMILES string of the molecule is NC(=O)C1(c2ccccn2)CCCN(Cc2ccccc2OCc2ccccc2)C1. The van der Waals surface area contributed by atoms with Gasteiger partial charge in [-0.3, -0.25) is 14.7 Å². The lowest BCUT2D eigenvalue weighted by molar-refractivity contribution is -0.126. The van der Waals surface area contributed by atoms with Crippen molar-refractivity contribution in [2.24, 2.45) is 5.73 Å². The van der Waals surface area contributed by atoms with Crippen LogP contribution < -0.4 is 10.5 Å². The van der Waals surface area contributed by atoms with Gasteiger partial charge in [0, 0.05) is 24.8 Å². The largest absolute Gasteiger partial charge is 0.489 e. The van der Waals surface area contributed by atoms with Gasteiger partial charge in [-0.05, 0) is 43.1 Å². The molecule has 154 valence electrons. The Balaban J connectivity index is 1.51. The van der Waals surface area contributed by atoms with Crippen LogP contribution in [0.15, 0.2) is 79.0 Å². The van der Waals surface area contributed by atoms with Gasteiger partial charge >= 0.3 is 0 Å². The molecule has 2 heterocycles. The summed E-state index contributed by atoms with van der Waals surface area (Å²) in [5, 5.41) is 0. The molecule has 0 aliphatic carbocycles. The number of rotatable bonds is 7. The lowest BCUT2D eigenvalue weighted by Crippen LogP contribution is -2.53. The zero-order chi connectivity index (χ0) is 20.8. The number of benzene rings is 2. The lowest BCUT2D eigenvalue weighted by atomic mass is 9.76. The number of amides is 1. The van der Waals surface area contributed by atoms with Crippen LogP contribution in [-0.4, -0.2) is 28.9 Å². The number of aromatic nitrogens is 1. The first kappa shape index (κ1) is 20.1. The van der Waals surface area contributed by atoms with Crippen LogP contribution in [0.5, 0.6) is 5.75 Å². The number of hydrogen-bond donors (Lipinski definition) is 1. The Morgan fingerprint density at radius 2 is 1.80 bits per heavy atom. The van der Waals surface area contributed by atoms with Crippen molar-refractivity contribution in [2.45, 2.75) is 31.4 Å². The van der Waals surface area contributed by atoms with Gasteiger partial charge in [0.15, 0.2) is 0 Å². The number of likely N-dealkylation sites (tertiary alicyclic amines) is 1. The fourth-order valence-corrected chi connectivity index (χ4v) is 4.21. The zero-order valence-electron chi connectivity index (χ0n) is 17.0. The second-order valence-electron chi connectivity index (χ2n) is 7.86. The Kier molecular flexibility index (Phi) is 6.10. The van der Waals surface area contributed by atoms with Crippen LogP contribution in [0.2, 0.25) is 0 Å². The molecule has 1 unspecified atom stereocenters. The van der Waals surface area contributed by atoms with Crippen molar-refractivity contribution in [3.63, 3.8) is 0 Å². The molecule has 1 aromatic heterocycles. The van der Waals surface area contributed by atoms with E-state index in [0.29, 0.717) is 19.7 Å². The number of nitrogens with zero attached hydrogens (tertiary/aromatic N) is 2. The molecule has 5 heteroatoms. The number of piperidine rings is 1. The van der Waals surface area contributed by atoms with Crippen LogP contribution in [0, 0.1) is 0 Å². The number of carbonyl (C=O) groups excluding carboxylic acids is 1. The summed E-state index contributed by atoms with van der Waals surface area (Å²) in [4.78, 5) is 19.3. The minimum absolute atomic E-state index is 0.306. The molecular formula is C25H27N3O2. The van der Waals surface area contributed by atoms with E-state index in [0.717, 1.165) is 42.0 Å². The summed E-state index contributed by atoms with van der Waals surface area (Å²) in [6.07, 6.45) is 3.35. The summed E-state index contributed by atoms with van der Waals surface area (Å²) in [7, 11) is 0. The predicted octanol–water partition coefficient (Wildman–Crippen LogP) is 3.68. The van der Waals surface area contributed by atoms with Gasteiger partial charge in [-0.2, -0.15) is 0 Å². The fraction of sp³-hybridized carbons (Fsp3) is 0.280. The molecule has 1 aliphatic heterocycles. The molecule has 0 radical (unpaired) electrons. The fourth-order valence-electron chi connectivity index (χ4n) is 4.21. The van der Waals surface area contributed by atoms with Gasteiger partial charge in [-0.1, -0.05) is 54.6 Å². The van der Waals surface area contributed by atoms with Crippen molar-refractivity contribution >= 4 is 5.91 Å². The summed E-state index contributed by atoms with van der Waals surface area (Å²) in [5.74, 6) is 0.564. The monoisotopic (exact) mass is 401 g/mol. The van der Waals surface area contributed by atoms with Crippen molar-refractivity contribution in [3.8, 4) is 5.75 Å². The van der Waals surface area contributed by atoms with Gasteiger partial charge in [-0.15, -0.1) is 0 Å². The molecule has 1 fully saturated rings. The van der Waals surface area contributed by atoms with Gasteiger partial charge < -0.3 is 10.5 Å². The molecule has 0 bridgehead atoms.